The van der Waals surface area contributed by atoms with Crippen LogP contribution in [-0.4, -0.2) is 67.4 Å². The predicted octanol–water partition coefficient (Wildman–Crippen LogP) is 3.46. The lowest BCUT2D eigenvalue weighted by molar-refractivity contribution is -0.134. The minimum absolute atomic E-state index is 0.156. The molecule has 1 spiro atoms. The zero-order valence-corrected chi connectivity index (χ0v) is 18.5. The molecule has 1 amide bonds. The Morgan fingerprint density at radius 2 is 1.73 bits per heavy atom. The van der Waals surface area contributed by atoms with Crippen LogP contribution in [0.3, 0.4) is 0 Å². The average Bonchev–Trinajstić information content (AvgIpc) is 2.89. The van der Waals surface area contributed by atoms with Crippen LogP contribution >= 0.6 is 0 Å². The van der Waals surface area contributed by atoms with Gasteiger partial charge in [0.15, 0.2) is 0 Å². The fourth-order valence-electron chi connectivity index (χ4n) is 5.26. The maximum atomic E-state index is 13.1. The van der Waals surface area contributed by atoms with Gasteiger partial charge in [0.1, 0.15) is 0 Å². The summed E-state index contributed by atoms with van der Waals surface area (Å²) in [5.41, 5.74) is 4.32. The van der Waals surface area contributed by atoms with Gasteiger partial charge >= 0.3 is 0 Å². The van der Waals surface area contributed by atoms with Gasteiger partial charge in [-0.1, -0.05) is 54.6 Å². The molecule has 0 aliphatic carbocycles. The zero-order valence-electron chi connectivity index (χ0n) is 18.5. The van der Waals surface area contributed by atoms with Crippen LogP contribution < -0.4 is 0 Å². The third-order valence-electron chi connectivity index (χ3n) is 6.68. The number of rotatable bonds is 5. The van der Waals surface area contributed by atoms with E-state index in [4.69, 9.17) is 0 Å². The molecule has 0 bridgehead atoms. The molecule has 1 saturated heterocycles. The summed E-state index contributed by atoms with van der Waals surface area (Å²) in [7, 11) is 3.96. The maximum Gasteiger partial charge on any atom is 0.237 e. The van der Waals surface area contributed by atoms with Gasteiger partial charge in [-0.05, 0) is 63.0 Å². The number of hydrogen-bond acceptors (Lipinski definition) is 3. The normalized spacial score (nSPS) is 22.2. The number of likely N-dealkylation sites (tertiary alicyclic amines) is 1. The molecule has 4 nitrogen and oxygen atoms in total. The van der Waals surface area contributed by atoms with Crippen molar-refractivity contribution in [1.82, 2.24) is 14.7 Å². The van der Waals surface area contributed by atoms with E-state index in [1.807, 2.05) is 19.0 Å². The van der Waals surface area contributed by atoms with Gasteiger partial charge in [0.25, 0.3) is 0 Å². The summed E-state index contributed by atoms with van der Waals surface area (Å²) >= 11 is 0. The van der Waals surface area contributed by atoms with Crippen LogP contribution in [0.4, 0.5) is 0 Å². The second kappa shape index (κ2) is 9.32. The van der Waals surface area contributed by atoms with Gasteiger partial charge in [-0.15, -0.1) is 0 Å². The van der Waals surface area contributed by atoms with E-state index in [1.165, 1.54) is 36.1 Å². The smallest absolute Gasteiger partial charge is 0.237 e. The highest BCUT2D eigenvalue weighted by atomic mass is 16.2. The first-order chi connectivity index (χ1) is 14.5. The van der Waals surface area contributed by atoms with Crippen molar-refractivity contribution in [2.75, 3.05) is 46.8 Å². The highest BCUT2D eigenvalue weighted by Gasteiger charge is 2.40. The molecule has 1 unspecified atom stereocenters. The van der Waals surface area contributed by atoms with E-state index in [0.29, 0.717) is 6.54 Å². The van der Waals surface area contributed by atoms with Crippen molar-refractivity contribution >= 4 is 5.91 Å². The van der Waals surface area contributed by atoms with Gasteiger partial charge in [0.2, 0.25) is 5.91 Å². The molecular formula is C26H35N3O. The molecule has 1 fully saturated rings. The average molecular weight is 406 g/mol. The first-order valence-corrected chi connectivity index (χ1v) is 11.3. The summed E-state index contributed by atoms with van der Waals surface area (Å²) < 4.78 is 0. The number of amides is 1. The standard InChI is InChI=1S/C26H35N3O/c1-27(2)19-25(30)29-18-24-12-7-6-11-23(24)17-26(21-29)14-8-15-28(20-26)16-13-22-9-4-3-5-10-22/h3-7,9-12H,8,13-21H2,1-2H3. The van der Waals surface area contributed by atoms with E-state index in [-0.39, 0.29) is 11.3 Å². The van der Waals surface area contributed by atoms with Gasteiger partial charge in [-0.3, -0.25) is 4.79 Å². The van der Waals surface area contributed by atoms with Crippen LogP contribution in [0, 0.1) is 5.41 Å². The lowest BCUT2D eigenvalue weighted by Gasteiger charge is -2.44. The quantitative estimate of drug-likeness (QED) is 0.762. The van der Waals surface area contributed by atoms with Crippen LogP contribution in [0.15, 0.2) is 54.6 Å². The summed E-state index contributed by atoms with van der Waals surface area (Å²) in [5.74, 6) is 0.248. The van der Waals surface area contributed by atoms with Gasteiger partial charge in [0, 0.05) is 31.6 Å². The molecule has 2 aromatic carbocycles. The number of hydrogen-bond donors (Lipinski definition) is 0. The Hall–Kier alpha value is -2.17. The molecule has 30 heavy (non-hydrogen) atoms. The van der Waals surface area contributed by atoms with Crippen LogP contribution in [0.25, 0.3) is 0 Å². The van der Waals surface area contributed by atoms with Crippen molar-refractivity contribution in [2.24, 2.45) is 5.41 Å². The molecule has 160 valence electrons. The van der Waals surface area contributed by atoms with E-state index in [0.717, 1.165) is 39.0 Å². The van der Waals surface area contributed by atoms with Gasteiger partial charge in [-0.25, -0.2) is 0 Å². The first kappa shape index (κ1) is 21.1. The summed E-state index contributed by atoms with van der Waals surface area (Å²) in [4.78, 5) is 19.8. The van der Waals surface area contributed by atoms with Crippen molar-refractivity contribution in [2.45, 2.75) is 32.2 Å². The minimum Gasteiger partial charge on any atom is -0.337 e. The topological polar surface area (TPSA) is 26.8 Å². The Kier molecular flexibility index (Phi) is 6.55. The molecule has 2 heterocycles. The third-order valence-corrected chi connectivity index (χ3v) is 6.68. The van der Waals surface area contributed by atoms with Gasteiger partial charge in [0.05, 0.1) is 6.54 Å². The Labute approximate surface area is 181 Å². The van der Waals surface area contributed by atoms with E-state index in [1.54, 1.807) is 0 Å². The highest BCUT2D eigenvalue weighted by Crippen LogP contribution is 2.38. The SMILES string of the molecule is CN(C)CC(=O)N1Cc2ccccc2CC2(CCCN(CCc3ccccc3)C2)C1. The lowest BCUT2D eigenvalue weighted by atomic mass is 9.74. The van der Waals surface area contributed by atoms with E-state index >= 15 is 0 Å². The fourth-order valence-corrected chi connectivity index (χ4v) is 5.26. The molecule has 2 aliphatic heterocycles. The maximum absolute atomic E-state index is 13.1. The Morgan fingerprint density at radius 3 is 2.50 bits per heavy atom. The summed E-state index contributed by atoms with van der Waals surface area (Å²) in [5, 5.41) is 0. The van der Waals surface area contributed by atoms with Gasteiger partial charge < -0.3 is 14.7 Å². The summed E-state index contributed by atoms with van der Waals surface area (Å²) in [6, 6.07) is 19.5. The molecule has 0 saturated carbocycles. The molecule has 0 N–H and O–H groups in total. The largest absolute Gasteiger partial charge is 0.337 e. The van der Waals surface area contributed by atoms with Crippen LogP contribution in [-0.2, 0) is 24.2 Å². The minimum atomic E-state index is 0.156. The van der Waals surface area contributed by atoms with Crippen molar-refractivity contribution in [3.8, 4) is 0 Å². The predicted molar refractivity (Wildman–Crippen MR) is 122 cm³/mol. The fraction of sp³-hybridized carbons (Fsp3) is 0.500. The van der Waals surface area contributed by atoms with Gasteiger partial charge in [-0.2, -0.15) is 0 Å². The second-order valence-electron chi connectivity index (χ2n) is 9.55. The number of carbonyl (C=O) groups is 1. The summed E-state index contributed by atoms with van der Waals surface area (Å²) in [6.07, 6.45) is 4.59. The third kappa shape index (κ3) is 5.11. The van der Waals surface area contributed by atoms with Crippen molar-refractivity contribution in [3.63, 3.8) is 0 Å². The lowest BCUT2D eigenvalue weighted by Crippen LogP contribution is -2.51. The molecular weight excluding hydrogens is 370 g/mol. The van der Waals surface area contributed by atoms with E-state index in [2.05, 4.69) is 64.4 Å². The highest BCUT2D eigenvalue weighted by molar-refractivity contribution is 5.78. The summed E-state index contributed by atoms with van der Waals surface area (Å²) in [6.45, 7) is 5.45. The molecule has 0 aromatic heterocycles. The first-order valence-electron chi connectivity index (χ1n) is 11.3. The van der Waals surface area contributed by atoms with Crippen LogP contribution in [0.2, 0.25) is 0 Å². The molecule has 4 heteroatoms. The molecule has 4 rings (SSSR count). The molecule has 2 aromatic rings. The van der Waals surface area contributed by atoms with E-state index < -0.39 is 0 Å². The van der Waals surface area contributed by atoms with Crippen LogP contribution in [0.5, 0.6) is 0 Å². The molecule has 1 atom stereocenters. The Bertz CT molecular complexity index is 850. The van der Waals surface area contributed by atoms with E-state index in [9.17, 15) is 4.79 Å². The molecule has 2 aliphatic rings. The number of nitrogens with zero attached hydrogens (tertiary/aromatic N) is 3. The van der Waals surface area contributed by atoms with Crippen LogP contribution in [0.1, 0.15) is 29.5 Å². The second-order valence-corrected chi connectivity index (χ2v) is 9.55. The number of fused-ring (bicyclic) bond motifs is 1. The Balaban J connectivity index is 1.53. The number of benzene rings is 2. The monoisotopic (exact) mass is 405 g/mol. The number of piperidine rings is 1. The number of likely N-dealkylation sites (N-methyl/N-ethyl adjacent to an activating group) is 1. The number of carbonyl (C=O) groups excluding carboxylic acids is 1. The van der Waals surface area contributed by atoms with Crippen molar-refractivity contribution in [1.29, 1.82) is 0 Å². The zero-order chi connectivity index (χ0) is 21.0. The van der Waals surface area contributed by atoms with Crippen molar-refractivity contribution < 1.29 is 4.79 Å². The molecule has 0 radical (unpaired) electrons. The Morgan fingerprint density at radius 1 is 1.00 bits per heavy atom. The van der Waals surface area contributed by atoms with Crippen molar-refractivity contribution in [3.05, 3.63) is 71.3 Å².